The van der Waals surface area contributed by atoms with Crippen molar-refractivity contribution in [1.29, 1.82) is 0 Å². The standard InChI is InChI=1S/C14H20FNO4/c1-14(18,7-8-19-2)10-16-13(17)9-20-12-6-4-3-5-11(12)15/h3-6,18H,7-10H2,1-2H3,(H,16,17). The van der Waals surface area contributed by atoms with E-state index in [0.29, 0.717) is 13.0 Å². The Morgan fingerprint density at radius 1 is 1.45 bits per heavy atom. The third-order valence-corrected chi connectivity index (χ3v) is 2.71. The summed E-state index contributed by atoms with van der Waals surface area (Å²) in [5.74, 6) is -0.924. The zero-order valence-electron chi connectivity index (χ0n) is 11.7. The number of nitrogens with one attached hydrogen (secondary N) is 1. The Morgan fingerprint density at radius 3 is 2.80 bits per heavy atom. The summed E-state index contributed by atoms with van der Waals surface area (Å²) >= 11 is 0. The summed E-state index contributed by atoms with van der Waals surface area (Å²) in [6.07, 6.45) is 0.401. The smallest absolute Gasteiger partial charge is 0.258 e. The van der Waals surface area contributed by atoms with E-state index in [1.165, 1.54) is 25.3 Å². The van der Waals surface area contributed by atoms with Gasteiger partial charge in [0.1, 0.15) is 0 Å². The van der Waals surface area contributed by atoms with Crippen molar-refractivity contribution in [1.82, 2.24) is 5.32 Å². The van der Waals surface area contributed by atoms with Crippen LogP contribution in [0.2, 0.25) is 0 Å². The molecule has 0 radical (unpaired) electrons. The molecule has 0 aromatic heterocycles. The summed E-state index contributed by atoms with van der Waals surface area (Å²) in [7, 11) is 1.54. The Balaban J connectivity index is 2.32. The van der Waals surface area contributed by atoms with E-state index in [2.05, 4.69) is 5.32 Å². The van der Waals surface area contributed by atoms with Crippen molar-refractivity contribution in [3.8, 4) is 5.75 Å². The molecule has 5 nitrogen and oxygen atoms in total. The number of amides is 1. The van der Waals surface area contributed by atoms with Crippen LogP contribution in [0.4, 0.5) is 4.39 Å². The summed E-state index contributed by atoms with van der Waals surface area (Å²) in [4.78, 5) is 11.5. The van der Waals surface area contributed by atoms with Gasteiger partial charge in [-0.2, -0.15) is 0 Å². The van der Waals surface area contributed by atoms with E-state index in [1.54, 1.807) is 13.0 Å². The highest BCUT2D eigenvalue weighted by Crippen LogP contribution is 2.15. The van der Waals surface area contributed by atoms with Gasteiger partial charge in [0, 0.05) is 26.7 Å². The first-order valence-corrected chi connectivity index (χ1v) is 6.30. The fourth-order valence-corrected chi connectivity index (χ4v) is 1.46. The van der Waals surface area contributed by atoms with E-state index in [-0.39, 0.29) is 18.9 Å². The molecular formula is C14H20FNO4. The van der Waals surface area contributed by atoms with Crippen LogP contribution < -0.4 is 10.1 Å². The van der Waals surface area contributed by atoms with E-state index in [9.17, 15) is 14.3 Å². The largest absolute Gasteiger partial charge is 0.481 e. The van der Waals surface area contributed by atoms with Crippen molar-refractivity contribution in [2.75, 3.05) is 26.9 Å². The highest BCUT2D eigenvalue weighted by Gasteiger charge is 2.20. The summed E-state index contributed by atoms with van der Waals surface area (Å²) in [6.45, 7) is 1.77. The molecule has 1 aromatic carbocycles. The average molecular weight is 285 g/mol. The number of methoxy groups -OCH3 is 1. The molecule has 1 unspecified atom stereocenters. The molecule has 0 fully saturated rings. The minimum Gasteiger partial charge on any atom is -0.481 e. The molecule has 2 N–H and O–H groups in total. The Hall–Kier alpha value is -1.66. The fourth-order valence-electron chi connectivity index (χ4n) is 1.46. The maximum atomic E-state index is 13.2. The molecule has 0 bridgehead atoms. The van der Waals surface area contributed by atoms with Gasteiger partial charge in [0.15, 0.2) is 18.2 Å². The van der Waals surface area contributed by atoms with Crippen molar-refractivity contribution in [3.63, 3.8) is 0 Å². The van der Waals surface area contributed by atoms with Crippen LogP contribution in [0, 0.1) is 5.82 Å². The first kappa shape index (κ1) is 16.4. The molecule has 1 rings (SSSR count). The maximum absolute atomic E-state index is 13.2. The molecule has 0 aliphatic carbocycles. The number of benzene rings is 1. The van der Waals surface area contributed by atoms with Gasteiger partial charge in [-0.3, -0.25) is 4.79 Å². The van der Waals surface area contributed by atoms with Gasteiger partial charge in [0.05, 0.1) is 5.60 Å². The van der Waals surface area contributed by atoms with Crippen molar-refractivity contribution in [3.05, 3.63) is 30.1 Å². The Labute approximate surface area is 117 Å². The van der Waals surface area contributed by atoms with Crippen LogP contribution in [0.25, 0.3) is 0 Å². The summed E-state index contributed by atoms with van der Waals surface area (Å²) < 4.78 is 23.2. The topological polar surface area (TPSA) is 67.8 Å². The van der Waals surface area contributed by atoms with Gasteiger partial charge in [0.25, 0.3) is 5.91 Å². The second-order valence-electron chi connectivity index (χ2n) is 4.74. The summed E-state index contributed by atoms with van der Waals surface area (Å²) in [6, 6.07) is 5.85. The highest BCUT2D eigenvalue weighted by atomic mass is 19.1. The number of hydrogen-bond acceptors (Lipinski definition) is 4. The molecule has 1 atom stereocenters. The van der Waals surface area contributed by atoms with E-state index >= 15 is 0 Å². The molecule has 20 heavy (non-hydrogen) atoms. The third kappa shape index (κ3) is 5.99. The van der Waals surface area contributed by atoms with Crippen molar-refractivity contribution < 1.29 is 23.8 Å². The monoisotopic (exact) mass is 285 g/mol. The number of para-hydroxylation sites is 1. The van der Waals surface area contributed by atoms with Gasteiger partial charge in [-0.05, 0) is 19.1 Å². The Kier molecular flexibility index (Phi) is 6.41. The SMILES string of the molecule is COCCC(C)(O)CNC(=O)COc1ccccc1F. The van der Waals surface area contributed by atoms with Crippen LogP contribution in [0.3, 0.4) is 0 Å². The Bertz CT molecular complexity index is 437. The van der Waals surface area contributed by atoms with Gasteiger partial charge in [-0.1, -0.05) is 12.1 Å². The lowest BCUT2D eigenvalue weighted by Gasteiger charge is -2.23. The van der Waals surface area contributed by atoms with Gasteiger partial charge < -0.3 is 19.9 Å². The molecule has 6 heteroatoms. The number of ether oxygens (including phenoxy) is 2. The van der Waals surface area contributed by atoms with Gasteiger partial charge in [0.2, 0.25) is 0 Å². The lowest BCUT2D eigenvalue weighted by atomic mass is 10.0. The van der Waals surface area contributed by atoms with E-state index in [0.717, 1.165) is 0 Å². The first-order valence-electron chi connectivity index (χ1n) is 6.30. The highest BCUT2D eigenvalue weighted by molar-refractivity contribution is 5.77. The van der Waals surface area contributed by atoms with Gasteiger partial charge in [-0.15, -0.1) is 0 Å². The zero-order chi connectivity index (χ0) is 15.0. The van der Waals surface area contributed by atoms with E-state index < -0.39 is 17.3 Å². The van der Waals surface area contributed by atoms with Crippen molar-refractivity contribution in [2.24, 2.45) is 0 Å². The number of halogens is 1. The number of rotatable bonds is 8. The van der Waals surface area contributed by atoms with Crippen LogP contribution in [-0.4, -0.2) is 43.5 Å². The number of aliphatic hydroxyl groups is 1. The molecule has 0 saturated heterocycles. The molecule has 1 aromatic rings. The van der Waals surface area contributed by atoms with Gasteiger partial charge >= 0.3 is 0 Å². The normalized spacial score (nSPS) is 13.6. The predicted octanol–water partition coefficient (Wildman–Crippen LogP) is 1.11. The average Bonchev–Trinajstić information content (AvgIpc) is 2.42. The zero-order valence-corrected chi connectivity index (χ0v) is 11.7. The molecule has 0 saturated carbocycles. The summed E-state index contributed by atoms with van der Waals surface area (Å²) in [5.41, 5.74) is -1.05. The Morgan fingerprint density at radius 2 is 2.15 bits per heavy atom. The molecule has 0 aliphatic rings. The minimum atomic E-state index is -1.05. The third-order valence-electron chi connectivity index (χ3n) is 2.71. The molecule has 0 aliphatic heterocycles. The van der Waals surface area contributed by atoms with Crippen LogP contribution in [0.1, 0.15) is 13.3 Å². The quantitative estimate of drug-likeness (QED) is 0.751. The molecule has 112 valence electrons. The van der Waals surface area contributed by atoms with Crippen LogP contribution in [-0.2, 0) is 9.53 Å². The summed E-state index contributed by atoms with van der Waals surface area (Å²) in [5, 5.41) is 12.5. The van der Waals surface area contributed by atoms with E-state index in [4.69, 9.17) is 9.47 Å². The van der Waals surface area contributed by atoms with Crippen molar-refractivity contribution in [2.45, 2.75) is 18.9 Å². The van der Waals surface area contributed by atoms with Crippen LogP contribution in [0.15, 0.2) is 24.3 Å². The maximum Gasteiger partial charge on any atom is 0.258 e. The molecule has 1 amide bonds. The molecule has 0 spiro atoms. The number of hydrogen-bond donors (Lipinski definition) is 2. The minimum absolute atomic E-state index is 0.0220. The van der Waals surface area contributed by atoms with Crippen LogP contribution >= 0.6 is 0 Å². The van der Waals surface area contributed by atoms with Crippen molar-refractivity contribution >= 4 is 5.91 Å². The van der Waals surface area contributed by atoms with Gasteiger partial charge in [-0.25, -0.2) is 4.39 Å². The number of carbonyl (C=O) groups excluding carboxylic acids is 1. The van der Waals surface area contributed by atoms with Crippen LogP contribution in [0.5, 0.6) is 5.75 Å². The second kappa shape index (κ2) is 7.81. The van der Waals surface area contributed by atoms with E-state index in [1.807, 2.05) is 0 Å². The fraction of sp³-hybridized carbons (Fsp3) is 0.500. The first-order chi connectivity index (χ1) is 9.44. The molecular weight excluding hydrogens is 265 g/mol. The molecule has 0 heterocycles. The lowest BCUT2D eigenvalue weighted by Crippen LogP contribution is -2.42. The lowest BCUT2D eigenvalue weighted by molar-refractivity contribution is -0.124. The second-order valence-corrected chi connectivity index (χ2v) is 4.74. The predicted molar refractivity (Wildman–Crippen MR) is 72.0 cm³/mol. The number of carbonyl (C=O) groups is 1.